The lowest BCUT2D eigenvalue weighted by Gasteiger charge is -2.29. The van der Waals surface area contributed by atoms with Crippen molar-refractivity contribution in [1.82, 2.24) is 5.32 Å². The van der Waals surface area contributed by atoms with Crippen LogP contribution in [0.5, 0.6) is 0 Å². The van der Waals surface area contributed by atoms with Gasteiger partial charge in [0.2, 0.25) is 0 Å². The highest BCUT2D eigenvalue weighted by molar-refractivity contribution is 5.60. The Hall–Kier alpha value is -1.57. The fourth-order valence-electron chi connectivity index (χ4n) is 2.74. The zero-order chi connectivity index (χ0) is 15.1. The van der Waals surface area contributed by atoms with E-state index in [2.05, 4.69) is 29.3 Å². The normalized spacial score (nSPS) is 18.2. The summed E-state index contributed by atoms with van der Waals surface area (Å²) in [5.74, 6) is 0. The van der Waals surface area contributed by atoms with Gasteiger partial charge in [-0.1, -0.05) is 13.0 Å². The molecule has 1 atom stereocenters. The van der Waals surface area contributed by atoms with Crippen molar-refractivity contribution in [3.05, 3.63) is 29.3 Å². The lowest BCUT2D eigenvalue weighted by Crippen LogP contribution is -2.33. The summed E-state index contributed by atoms with van der Waals surface area (Å²) in [6.45, 7) is 5.54. The van der Waals surface area contributed by atoms with Crippen LogP contribution >= 0.6 is 0 Å². The predicted octanol–water partition coefficient (Wildman–Crippen LogP) is 2.67. The largest absolute Gasteiger partial charge is 0.376 e. The molecule has 0 spiro atoms. The van der Waals surface area contributed by atoms with E-state index in [9.17, 15) is 5.26 Å². The van der Waals surface area contributed by atoms with Gasteiger partial charge < -0.3 is 15.0 Å². The standard InChI is InChI=1S/C17H25N3O/c1-3-19-12-14-7-8-17(15(10-14)11-18)20(2)13-16-6-4-5-9-21-16/h7-8,10,16,19H,3-6,9,12-13H2,1-2H3. The molecule has 1 aromatic carbocycles. The molecule has 1 fully saturated rings. The quantitative estimate of drug-likeness (QED) is 0.874. The number of nitrogens with one attached hydrogen (secondary N) is 1. The van der Waals surface area contributed by atoms with E-state index in [1.54, 1.807) is 0 Å². The SMILES string of the molecule is CCNCc1ccc(N(C)CC2CCCCO2)c(C#N)c1. The molecule has 2 rings (SSSR count). The third-order valence-electron chi connectivity index (χ3n) is 3.92. The van der Waals surface area contributed by atoms with Gasteiger partial charge in [-0.15, -0.1) is 0 Å². The van der Waals surface area contributed by atoms with Crippen LogP contribution in [0.1, 0.15) is 37.3 Å². The van der Waals surface area contributed by atoms with E-state index in [0.29, 0.717) is 0 Å². The number of nitriles is 1. The van der Waals surface area contributed by atoms with Crippen molar-refractivity contribution in [2.75, 3.05) is 31.6 Å². The van der Waals surface area contributed by atoms with Gasteiger partial charge in [0.1, 0.15) is 6.07 Å². The molecule has 0 bridgehead atoms. The molecule has 4 heteroatoms. The predicted molar refractivity (Wildman–Crippen MR) is 85.4 cm³/mol. The minimum absolute atomic E-state index is 0.289. The number of nitrogens with zero attached hydrogens (tertiary/aromatic N) is 2. The number of hydrogen-bond acceptors (Lipinski definition) is 4. The average Bonchev–Trinajstić information content (AvgIpc) is 2.53. The Labute approximate surface area is 127 Å². The molecule has 21 heavy (non-hydrogen) atoms. The molecule has 0 saturated carbocycles. The number of ether oxygens (including phenoxy) is 1. The molecule has 1 aliphatic heterocycles. The summed E-state index contributed by atoms with van der Waals surface area (Å²) in [4.78, 5) is 2.14. The highest BCUT2D eigenvalue weighted by Crippen LogP contribution is 2.22. The first kappa shape index (κ1) is 15.8. The van der Waals surface area contributed by atoms with Crippen LogP contribution in [0.2, 0.25) is 0 Å². The van der Waals surface area contributed by atoms with Gasteiger partial charge >= 0.3 is 0 Å². The van der Waals surface area contributed by atoms with Gasteiger partial charge in [-0.25, -0.2) is 0 Å². The Balaban J connectivity index is 2.05. The van der Waals surface area contributed by atoms with Gasteiger partial charge in [0.25, 0.3) is 0 Å². The highest BCUT2D eigenvalue weighted by Gasteiger charge is 2.17. The lowest BCUT2D eigenvalue weighted by atomic mass is 10.1. The van der Waals surface area contributed by atoms with Gasteiger partial charge in [-0.3, -0.25) is 0 Å². The maximum atomic E-state index is 9.39. The summed E-state index contributed by atoms with van der Waals surface area (Å²) < 4.78 is 5.79. The van der Waals surface area contributed by atoms with Gasteiger partial charge in [0.05, 0.1) is 17.4 Å². The highest BCUT2D eigenvalue weighted by atomic mass is 16.5. The third kappa shape index (κ3) is 4.45. The van der Waals surface area contributed by atoms with E-state index in [0.717, 1.165) is 49.5 Å². The van der Waals surface area contributed by atoms with Crippen LogP contribution in [-0.2, 0) is 11.3 Å². The molecule has 0 aliphatic carbocycles. The second-order valence-corrected chi connectivity index (χ2v) is 5.61. The van der Waals surface area contributed by atoms with Crippen molar-refractivity contribution in [1.29, 1.82) is 5.26 Å². The Morgan fingerprint density at radius 2 is 2.29 bits per heavy atom. The summed E-state index contributed by atoms with van der Waals surface area (Å²) in [6, 6.07) is 8.45. The Morgan fingerprint density at radius 1 is 1.43 bits per heavy atom. The maximum Gasteiger partial charge on any atom is 0.101 e. The molecule has 114 valence electrons. The number of rotatable bonds is 6. The van der Waals surface area contributed by atoms with Crippen molar-refractivity contribution in [2.45, 2.75) is 38.8 Å². The van der Waals surface area contributed by atoms with E-state index in [1.807, 2.05) is 19.2 Å². The Kier molecular flexibility index (Phi) is 6.04. The van der Waals surface area contributed by atoms with Crippen molar-refractivity contribution >= 4 is 5.69 Å². The number of benzene rings is 1. The van der Waals surface area contributed by atoms with E-state index in [1.165, 1.54) is 12.8 Å². The van der Waals surface area contributed by atoms with E-state index in [4.69, 9.17) is 4.74 Å². The monoisotopic (exact) mass is 287 g/mol. The first-order valence-electron chi connectivity index (χ1n) is 7.81. The molecular formula is C17H25N3O. The van der Waals surface area contributed by atoms with E-state index in [-0.39, 0.29) is 6.10 Å². The van der Waals surface area contributed by atoms with Crippen molar-refractivity contribution in [3.8, 4) is 6.07 Å². The van der Waals surface area contributed by atoms with E-state index < -0.39 is 0 Å². The molecule has 0 radical (unpaired) electrons. The summed E-state index contributed by atoms with van der Waals surface area (Å²) in [6.07, 6.45) is 3.82. The topological polar surface area (TPSA) is 48.3 Å². The molecule has 1 aromatic rings. The first-order chi connectivity index (χ1) is 10.2. The molecule has 1 unspecified atom stereocenters. The summed E-state index contributed by atoms with van der Waals surface area (Å²) in [5.41, 5.74) is 2.88. The Bertz CT molecular complexity index is 489. The number of anilines is 1. The van der Waals surface area contributed by atoms with Gasteiger partial charge in [-0.05, 0) is 43.5 Å². The van der Waals surface area contributed by atoms with Crippen molar-refractivity contribution < 1.29 is 4.74 Å². The zero-order valence-electron chi connectivity index (χ0n) is 13.1. The summed E-state index contributed by atoms with van der Waals surface area (Å²) in [5, 5.41) is 12.7. The molecule has 4 nitrogen and oxygen atoms in total. The van der Waals surface area contributed by atoms with Gasteiger partial charge in [-0.2, -0.15) is 5.26 Å². The van der Waals surface area contributed by atoms with Crippen LogP contribution in [0.3, 0.4) is 0 Å². The minimum Gasteiger partial charge on any atom is -0.376 e. The fraction of sp³-hybridized carbons (Fsp3) is 0.588. The fourth-order valence-corrected chi connectivity index (χ4v) is 2.74. The molecule has 0 amide bonds. The van der Waals surface area contributed by atoms with Crippen molar-refractivity contribution in [3.63, 3.8) is 0 Å². The zero-order valence-corrected chi connectivity index (χ0v) is 13.1. The number of hydrogen-bond donors (Lipinski definition) is 1. The van der Waals surface area contributed by atoms with E-state index >= 15 is 0 Å². The second-order valence-electron chi connectivity index (χ2n) is 5.61. The average molecular weight is 287 g/mol. The summed E-state index contributed by atoms with van der Waals surface area (Å²) >= 11 is 0. The van der Waals surface area contributed by atoms with Crippen LogP contribution in [0.25, 0.3) is 0 Å². The van der Waals surface area contributed by atoms with Crippen LogP contribution in [0, 0.1) is 11.3 Å². The van der Waals surface area contributed by atoms with Gasteiger partial charge in [0, 0.05) is 26.7 Å². The second kappa shape index (κ2) is 8.02. The molecule has 1 aliphatic rings. The third-order valence-corrected chi connectivity index (χ3v) is 3.92. The maximum absolute atomic E-state index is 9.39. The van der Waals surface area contributed by atoms with Gasteiger partial charge in [0.15, 0.2) is 0 Å². The molecule has 1 saturated heterocycles. The first-order valence-corrected chi connectivity index (χ1v) is 7.81. The van der Waals surface area contributed by atoms with Crippen molar-refractivity contribution in [2.24, 2.45) is 0 Å². The smallest absolute Gasteiger partial charge is 0.101 e. The lowest BCUT2D eigenvalue weighted by molar-refractivity contribution is 0.0216. The summed E-state index contributed by atoms with van der Waals surface area (Å²) in [7, 11) is 2.04. The van der Waals surface area contributed by atoms with Crippen LogP contribution in [0.4, 0.5) is 5.69 Å². The Morgan fingerprint density at radius 3 is 2.95 bits per heavy atom. The number of likely N-dealkylation sites (N-methyl/N-ethyl adjacent to an activating group) is 1. The molecule has 1 N–H and O–H groups in total. The molecule has 0 aromatic heterocycles. The minimum atomic E-state index is 0.289. The molecule has 1 heterocycles. The molecular weight excluding hydrogens is 262 g/mol. The van der Waals surface area contributed by atoms with Crippen LogP contribution in [0.15, 0.2) is 18.2 Å². The van der Waals surface area contributed by atoms with Crippen LogP contribution in [-0.4, -0.2) is 32.8 Å². The van der Waals surface area contributed by atoms with Crippen LogP contribution < -0.4 is 10.2 Å².